The molecule has 88 valence electrons. The number of aromatic nitrogens is 1. The summed E-state index contributed by atoms with van der Waals surface area (Å²) < 4.78 is 29.7. The molecule has 0 radical (unpaired) electrons. The molecule has 0 spiro atoms. The highest BCUT2D eigenvalue weighted by molar-refractivity contribution is 14.1. The number of halogens is 4. The van der Waals surface area contributed by atoms with Gasteiger partial charge >= 0.3 is 5.97 Å². The summed E-state index contributed by atoms with van der Waals surface area (Å²) in [5.41, 5.74) is -0.237. The predicted molar refractivity (Wildman–Crippen MR) is 62.6 cm³/mol. The van der Waals surface area contributed by atoms with Crippen LogP contribution in [0.2, 0.25) is 5.02 Å². The van der Waals surface area contributed by atoms with E-state index in [0.29, 0.717) is 0 Å². The Balaban J connectivity index is 3.09. The van der Waals surface area contributed by atoms with Gasteiger partial charge in [0.1, 0.15) is 5.69 Å². The van der Waals surface area contributed by atoms with Gasteiger partial charge in [0.2, 0.25) is 0 Å². The van der Waals surface area contributed by atoms with E-state index in [4.69, 9.17) is 11.6 Å². The molecule has 16 heavy (non-hydrogen) atoms. The van der Waals surface area contributed by atoms with Gasteiger partial charge in [-0.15, -0.1) is 0 Å². The van der Waals surface area contributed by atoms with Crippen LogP contribution in [0, 0.1) is 3.57 Å². The number of carbonyl (C=O) groups excluding carboxylic acids is 1. The third kappa shape index (κ3) is 3.24. The van der Waals surface area contributed by atoms with Gasteiger partial charge in [0.25, 0.3) is 6.43 Å². The number of ether oxygens (including phenoxy) is 1. The smallest absolute Gasteiger partial charge is 0.311 e. The summed E-state index contributed by atoms with van der Waals surface area (Å²) in [6.45, 7) is 0. The molecular weight excluding hydrogens is 354 g/mol. The normalized spacial score (nSPS) is 10.6. The van der Waals surface area contributed by atoms with E-state index >= 15 is 0 Å². The van der Waals surface area contributed by atoms with Gasteiger partial charge in [0.05, 0.1) is 27.8 Å². The minimum atomic E-state index is -2.72. The monoisotopic (exact) mass is 361 g/mol. The number of hydrogen-bond acceptors (Lipinski definition) is 3. The molecule has 1 aromatic rings. The number of alkyl halides is 2. The average molecular weight is 362 g/mol. The van der Waals surface area contributed by atoms with E-state index in [1.807, 2.05) is 0 Å². The zero-order valence-electron chi connectivity index (χ0n) is 8.14. The molecule has 0 saturated carbocycles. The van der Waals surface area contributed by atoms with Crippen molar-refractivity contribution in [2.75, 3.05) is 7.11 Å². The van der Waals surface area contributed by atoms with Crippen LogP contribution in [0.5, 0.6) is 0 Å². The number of carbonyl (C=O) groups is 1. The third-order valence-electron chi connectivity index (χ3n) is 1.75. The van der Waals surface area contributed by atoms with Crippen LogP contribution in [0.15, 0.2) is 6.07 Å². The molecule has 0 fully saturated rings. The molecule has 1 heterocycles. The van der Waals surface area contributed by atoms with Crippen LogP contribution in [-0.4, -0.2) is 18.1 Å². The molecule has 0 atom stereocenters. The first-order valence-corrected chi connectivity index (χ1v) is 5.61. The van der Waals surface area contributed by atoms with Gasteiger partial charge in [-0.1, -0.05) is 11.6 Å². The quantitative estimate of drug-likeness (QED) is 0.614. The van der Waals surface area contributed by atoms with Crippen LogP contribution in [0.1, 0.15) is 17.8 Å². The van der Waals surface area contributed by atoms with Crippen LogP contribution >= 0.6 is 34.2 Å². The highest BCUT2D eigenvalue weighted by Gasteiger charge is 2.18. The summed E-state index contributed by atoms with van der Waals surface area (Å²) in [6, 6.07) is 1.38. The van der Waals surface area contributed by atoms with Crippen molar-refractivity contribution in [3.05, 3.63) is 26.0 Å². The molecule has 3 nitrogen and oxygen atoms in total. The van der Waals surface area contributed by atoms with E-state index in [-0.39, 0.29) is 20.7 Å². The van der Waals surface area contributed by atoms with Crippen molar-refractivity contribution in [2.24, 2.45) is 0 Å². The van der Waals surface area contributed by atoms with Gasteiger partial charge < -0.3 is 4.74 Å². The molecule has 7 heteroatoms. The highest BCUT2D eigenvalue weighted by atomic mass is 127. The fourth-order valence-electron chi connectivity index (χ4n) is 1.02. The summed E-state index contributed by atoms with van der Waals surface area (Å²) >= 11 is 7.45. The lowest BCUT2D eigenvalue weighted by Crippen LogP contribution is -2.08. The molecule has 1 aromatic heterocycles. The standard InChI is InChI=1S/C9H7ClF2INO2/c1-16-6(15)3-4-2-5(10)7(13)8(14-4)9(11)12/h2,9H,3H2,1H3. The average Bonchev–Trinajstić information content (AvgIpc) is 2.22. The first kappa shape index (κ1) is 13.6. The van der Waals surface area contributed by atoms with Crippen LogP contribution in [-0.2, 0) is 16.0 Å². The van der Waals surface area contributed by atoms with Gasteiger partial charge in [0, 0.05) is 0 Å². The zero-order valence-corrected chi connectivity index (χ0v) is 11.1. The topological polar surface area (TPSA) is 39.2 Å². The summed E-state index contributed by atoms with van der Waals surface area (Å²) in [7, 11) is 1.21. The van der Waals surface area contributed by atoms with E-state index < -0.39 is 18.1 Å². The van der Waals surface area contributed by atoms with E-state index in [2.05, 4.69) is 9.72 Å². The number of hydrogen-bond donors (Lipinski definition) is 0. The first-order valence-electron chi connectivity index (χ1n) is 4.15. The molecule has 0 aliphatic heterocycles. The summed E-state index contributed by atoms with van der Waals surface area (Å²) in [4.78, 5) is 14.6. The second kappa shape index (κ2) is 5.72. The van der Waals surface area contributed by atoms with Crippen LogP contribution in [0.4, 0.5) is 8.78 Å². The largest absolute Gasteiger partial charge is 0.469 e. The van der Waals surface area contributed by atoms with E-state index in [1.165, 1.54) is 13.2 Å². The van der Waals surface area contributed by atoms with Gasteiger partial charge in [-0.3, -0.25) is 9.78 Å². The van der Waals surface area contributed by atoms with Gasteiger partial charge in [-0.25, -0.2) is 8.78 Å². The minimum Gasteiger partial charge on any atom is -0.469 e. The number of methoxy groups -OCH3 is 1. The molecule has 0 aliphatic carbocycles. The van der Waals surface area contributed by atoms with E-state index in [9.17, 15) is 13.6 Å². The van der Waals surface area contributed by atoms with Crippen LogP contribution < -0.4 is 0 Å². The number of nitrogens with zero attached hydrogens (tertiary/aromatic N) is 1. The fourth-order valence-corrected chi connectivity index (χ4v) is 1.76. The second-order valence-corrected chi connectivity index (χ2v) is 4.33. The van der Waals surface area contributed by atoms with Crippen molar-refractivity contribution >= 4 is 40.2 Å². The molecular formula is C9H7ClF2INO2. The van der Waals surface area contributed by atoms with Crippen molar-refractivity contribution in [3.8, 4) is 0 Å². The highest BCUT2D eigenvalue weighted by Crippen LogP contribution is 2.28. The molecule has 0 unspecified atom stereocenters. The van der Waals surface area contributed by atoms with Crippen molar-refractivity contribution in [2.45, 2.75) is 12.8 Å². The van der Waals surface area contributed by atoms with Gasteiger partial charge in [-0.05, 0) is 28.7 Å². The minimum absolute atomic E-state index is 0.157. The molecule has 0 bridgehead atoms. The Labute approximate surface area is 109 Å². The SMILES string of the molecule is COC(=O)Cc1cc(Cl)c(I)c(C(F)F)n1. The lowest BCUT2D eigenvalue weighted by atomic mass is 10.2. The molecule has 0 aromatic carbocycles. The Morgan fingerprint density at radius 3 is 2.81 bits per heavy atom. The van der Waals surface area contributed by atoms with Crippen molar-refractivity contribution in [3.63, 3.8) is 0 Å². The van der Waals surface area contributed by atoms with Crippen molar-refractivity contribution < 1.29 is 18.3 Å². The number of pyridine rings is 1. The lowest BCUT2D eigenvalue weighted by Gasteiger charge is -2.07. The number of esters is 1. The Hall–Kier alpha value is -0.500. The zero-order chi connectivity index (χ0) is 12.3. The molecule has 0 amide bonds. The summed E-state index contributed by atoms with van der Waals surface area (Å²) in [5.74, 6) is -0.551. The summed E-state index contributed by atoms with van der Waals surface area (Å²) in [5, 5.41) is 0.157. The predicted octanol–water partition coefficient (Wildman–Crippen LogP) is 2.99. The van der Waals surface area contributed by atoms with Gasteiger partial charge in [0.15, 0.2) is 0 Å². The third-order valence-corrected chi connectivity index (χ3v) is 3.50. The number of rotatable bonds is 3. The molecule has 0 saturated heterocycles. The van der Waals surface area contributed by atoms with Crippen molar-refractivity contribution in [1.29, 1.82) is 0 Å². The summed E-state index contributed by atoms with van der Waals surface area (Å²) in [6.07, 6.45) is -2.89. The Kier molecular flexibility index (Phi) is 4.85. The first-order chi connectivity index (χ1) is 7.45. The fraction of sp³-hybridized carbons (Fsp3) is 0.333. The van der Waals surface area contributed by atoms with Crippen LogP contribution in [0.25, 0.3) is 0 Å². The molecule has 1 rings (SSSR count). The maximum Gasteiger partial charge on any atom is 0.311 e. The maximum atomic E-state index is 12.6. The Bertz CT molecular complexity index is 415. The second-order valence-electron chi connectivity index (χ2n) is 2.85. The molecule has 0 N–H and O–H groups in total. The van der Waals surface area contributed by atoms with Crippen molar-refractivity contribution in [1.82, 2.24) is 4.98 Å². The Morgan fingerprint density at radius 1 is 1.69 bits per heavy atom. The molecule has 0 aliphatic rings. The van der Waals surface area contributed by atoms with E-state index in [0.717, 1.165) is 0 Å². The Morgan fingerprint density at radius 2 is 2.31 bits per heavy atom. The van der Waals surface area contributed by atoms with Gasteiger partial charge in [-0.2, -0.15) is 0 Å². The lowest BCUT2D eigenvalue weighted by molar-refractivity contribution is -0.139. The van der Waals surface area contributed by atoms with E-state index in [1.54, 1.807) is 22.6 Å². The van der Waals surface area contributed by atoms with Crippen LogP contribution in [0.3, 0.4) is 0 Å². The maximum absolute atomic E-state index is 12.6.